The Morgan fingerprint density at radius 1 is 1.23 bits per heavy atom. The summed E-state index contributed by atoms with van der Waals surface area (Å²) in [5, 5.41) is 2.96. The molecule has 1 aliphatic heterocycles. The summed E-state index contributed by atoms with van der Waals surface area (Å²) in [4.78, 5) is 12.2. The van der Waals surface area contributed by atoms with Crippen LogP contribution in [0.25, 0.3) is 0 Å². The molecule has 2 rings (SSSR count). The number of benzene rings is 1. The fraction of sp³-hybridized carbons (Fsp3) is 0.562. The third kappa shape index (κ3) is 4.30. The highest BCUT2D eigenvalue weighted by atomic mass is 32.2. The van der Waals surface area contributed by atoms with Crippen LogP contribution in [0.15, 0.2) is 18.2 Å². The van der Waals surface area contributed by atoms with E-state index in [0.717, 1.165) is 18.4 Å². The Morgan fingerprint density at radius 2 is 1.86 bits per heavy atom. The summed E-state index contributed by atoms with van der Waals surface area (Å²) in [5.74, 6) is 0.280. The minimum Gasteiger partial charge on any atom is -0.352 e. The van der Waals surface area contributed by atoms with Crippen LogP contribution in [0.5, 0.6) is 0 Å². The van der Waals surface area contributed by atoms with Crippen LogP contribution in [0.1, 0.15) is 34.3 Å². The number of amides is 1. The van der Waals surface area contributed by atoms with Crippen molar-refractivity contribution in [1.29, 1.82) is 0 Å². The third-order valence-corrected chi connectivity index (χ3v) is 5.67. The predicted octanol–water partition coefficient (Wildman–Crippen LogP) is 1.70. The van der Waals surface area contributed by atoms with Crippen molar-refractivity contribution in [3.8, 4) is 0 Å². The molecule has 22 heavy (non-hydrogen) atoms. The first-order valence-corrected chi connectivity index (χ1v) is 9.43. The number of carbonyl (C=O) groups excluding carboxylic acids is 1. The van der Waals surface area contributed by atoms with Gasteiger partial charge < -0.3 is 5.32 Å². The zero-order valence-corrected chi connectivity index (χ0v) is 14.2. The molecule has 1 saturated heterocycles. The zero-order valence-electron chi connectivity index (χ0n) is 13.4. The van der Waals surface area contributed by atoms with Crippen LogP contribution in [0.2, 0.25) is 0 Å². The molecule has 1 heterocycles. The van der Waals surface area contributed by atoms with Crippen LogP contribution < -0.4 is 5.32 Å². The number of nitrogens with zero attached hydrogens (tertiary/aromatic N) is 1. The van der Waals surface area contributed by atoms with Gasteiger partial charge in [-0.3, -0.25) is 4.79 Å². The van der Waals surface area contributed by atoms with Crippen LogP contribution in [0.4, 0.5) is 0 Å². The second-order valence-corrected chi connectivity index (χ2v) is 8.10. The summed E-state index contributed by atoms with van der Waals surface area (Å²) >= 11 is 0. The number of hydrogen-bond donors (Lipinski definition) is 1. The van der Waals surface area contributed by atoms with Gasteiger partial charge >= 0.3 is 0 Å². The molecule has 6 heteroatoms. The van der Waals surface area contributed by atoms with E-state index in [4.69, 9.17) is 0 Å². The lowest BCUT2D eigenvalue weighted by atomic mass is 9.98. The fourth-order valence-electron chi connectivity index (χ4n) is 2.67. The molecule has 1 amide bonds. The Labute approximate surface area is 132 Å². The SMILES string of the molecule is Cc1ccc(C(=O)NCC2CCN(S(C)(=O)=O)CC2)cc1C. The highest BCUT2D eigenvalue weighted by molar-refractivity contribution is 7.88. The second-order valence-electron chi connectivity index (χ2n) is 6.11. The molecule has 5 nitrogen and oxygen atoms in total. The van der Waals surface area contributed by atoms with Gasteiger partial charge in [0, 0.05) is 25.2 Å². The third-order valence-electron chi connectivity index (χ3n) is 4.36. The average Bonchev–Trinajstić information content (AvgIpc) is 2.47. The Kier molecular flexibility index (Phi) is 5.24. The lowest BCUT2D eigenvalue weighted by molar-refractivity contribution is 0.0941. The molecule has 0 bridgehead atoms. The maximum atomic E-state index is 12.2. The van der Waals surface area contributed by atoms with Gasteiger partial charge in [-0.05, 0) is 55.9 Å². The number of carbonyl (C=O) groups is 1. The van der Waals surface area contributed by atoms with Crippen LogP contribution in [0.3, 0.4) is 0 Å². The van der Waals surface area contributed by atoms with Gasteiger partial charge in [-0.25, -0.2) is 12.7 Å². The molecular weight excluding hydrogens is 300 g/mol. The maximum absolute atomic E-state index is 12.2. The summed E-state index contributed by atoms with van der Waals surface area (Å²) < 4.78 is 24.4. The first-order chi connectivity index (χ1) is 10.3. The maximum Gasteiger partial charge on any atom is 0.251 e. The molecule has 0 unspecified atom stereocenters. The smallest absolute Gasteiger partial charge is 0.251 e. The van der Waals surface area contributed by atoms with Crippen molar-refractivity contribution in [2.24, 2.45) is 5.92 Å². The molecule has 0 spiro atoms. The Bertz CT molecular complexity index is 647. The number of hydrogen-bond acceptors (Lipinski definition) is 3. The number of nitrogens with one attached hydrogen (secondary N) is 1. The molecule has 1 N–H and O–H groups in total. The molecule has 1 fully saturated rings. The van der Waals surface area contributed by atoms with E-state index in [1.54, 1.807) is 0 Å². The molecule has 122 valence electrons. The van der Waals surface area contributed by atoms with Gasteiger partial charge in [-0.2, -0.15) is 0 Å². The molecule has 0 atom stereocenters. The van der Waals surface area contributed by atoms with Crippen LogP contribution >= 0.6 is 0 Å². The minimum absolute atomic E-state index is 0.0614. The lowest BCUT2D eigenvalue weighted by Crippen LogP contribution is -2.41. The summed E-state index contributed by atoms with van der Waals surface area (Å²) in [6.07, 6.45) is 2.83. The number of sulfonamides is 1. The predicted molar refractivity (Wildman–Crippen MR) is 87.4 cm³/mol. The van der Waals surface area contributed by atoms with Crippen LogP contribution in [-0.4, -0.2) is 44.5 Å². The molecule has 0 aliphatic carbocycles. The zero-order chi connectivity index (χ0) is 16.3. The molecular formula is C16H24N2O3S. The van der Waals surface area contributed by atoms with E-state index in [-0.39, 0.29) is 5.91 Å². The molecule has 1 aromatic carbocycles. The molecule has 1 aliphatic rings. The van der Waals surface area contributed by atoms with Gasteiger partial charge in [-0.15, -0.1) is 0 Å². The monoisotopic (exact) mass is 324 g/mol. The lowest BCUT2D eigenvalue weighted by Gasteiger charge is -2.30. The fourth-order valence-corrected chi connectivity index (χ4v) is 3.54. The summed E-state index contributed by atoms with van der Waals surface area (Å²) in [5.41, 5.74) is 2.95. The van der Waals surface area contributed by atoms with E-state index in [1.165, 1.54) is 16.1 Å². The molecule has 0 radical (unpaired) electrons. The largest absolute Gasteiger partial charge is 0.352 e. The highest BCUT2D eigenvalue weighted by Crippen LogP contribution is 2.18. The number of rotatable bonds is 4. The van der Waals surface area contributed by atoms with Crippen molar-refractivity contribution < 1.29 is 13.2 Å². The average molecular weight is 324 g/mol. The second kappa shape index (κ2) is 6.79. The topological polar surface area (TPSA) is 66.5 Å². The molecule has 0 aromatic heterocycles. The Hall–Kier alpha value is -1.40. The summed E-state index contributed by atoms with van der Waals surface area (Å²) in [6.45, 7) is 5.70. The van der Waals surface area contributed by atoms with Gasteiger partial charge in [-0.1, -0.05) is 6.07 Å². The minimum atomic E-state index is -3.09. The van der Waals surface area contributed by atoms with Crippen LogP contribution in [-0.2, 0) is 10.0 Å². The van der Waals surface area contributed by atoms with Gasteiger partial charge in [0.05, 0.1) is 6.26 Å². The van der Waals surface area contributed by atoms with Crippen molar-refractivity contribution >= 4 is 15.9 Å². The van der Waals surface area contributed by atoms with Gasteiger partial charge in [0.2, 0.25) is 10.0 Å². The van der Waals surface area contributed by atoms with Crippen LogP contribution in [0, 0.1) is 19.8 Å². The molecule has 1 aromatic rings. The Balaban J connectivity index is 1.84. The van der Waals surface area contributed by atoms with E-state index in [2.05, 4.69) is 5.32 Å². The van der Waals surface area contributed by atoms with Crippen molar-refractivity contribution in [2.45, 2.75) is 26.7 Å². The summed E-state index contributed by atoms with van der Waals surface area (Å²) in [6, 6.07) is 5.69. The van der Waals surface area contributed by atoms with E-state index in [9.17, 15) is 13.2 Å². The Morgan fingerprint density at radius 3 is 2.41 bits per heavy atom. The standard InChI is InChI=1S/C16H24N2O3S/c1-12-4-5-15(10-13(12)2)16(19)17-11-14-6-8-18(9-7-14)22(3,20)21/h4-5,10,14H,6-9,11H2,1-3H3,(H,17,19). The number of piperidine rings is 1. The van der Waals surface area contributed by atoms with Crippen molar-refractivity contribution in [1.82, 2.24) is 9.62 Å². The highest BCUT2D eigenvalue weighted by Gasteiger charge is 2.25. The van der Waals surface area contributed by atoms with Crippen molar-refractivity contribution in [3.63, 3.8) is 0 Å². The van der Waals surface area contributed by atoms with E-state index >= 15 is 0 Å². The van der Waals surface area contributed by atoms with Crippen molar-refractivity contribution in [3.05, 3.63) is 34.9 Å². The normalized spacial score (nSPS) is 17.4. The van der Waals surface area contributed by atoms with E-state index in [0.29, 0.717) is 31.1 Å². The molecule has 0 saturated carbocycles. The van der Waals surface area contributed by atoms with Gasteiger partial charge in [0.1, 0.15) is 0 Å². The van der Waals surface area contributed by atoms with E-state index < -0.39 is 10.0 Å². The van der Waals surface area contributed by atoms with Crippen molar-refractivity contribution in [2.75, 3.05) is 25.9 Å². The van der Waals surface area contributed by atoms with E-state index in [1.807, 2.05) is 32.0 Å². The quantitative estimate of drug-likeness (QED) is 0.917. The number of aryl methyl sites for hydroxylation is 2. The first-order valence-electron chi connectivity index (χ1n) is 7.58. The van der Waals surface area contributed by atoms with Gasteiger partial charge in [0.25, 0.3) is 5.91 Å². The van der Waals surface area contributed by atoms with Gasteiger partial charge in [0.15, 0.2) is 0 Å². The summed E-state index contributed by atoms with van der Waals surface area (Å²) in [7, 11) is -3.09. The first kappa shape index (κ1) is 17.0.